The standard InChI is InChI=1S/C23H31N3O3/c1-3-5-15-10-16(8-9-21(15)29-2)23(28)25-14-20-18-11-17(12-24-13-18)19-6-4-7-22(27)26(19)20/h3,8-10,17-20,24H,1,4-7,11-14H2,2H3,(H,25,28)/t17-,18+,19+,20+/m1/s1. The second kappa shape index (κ2) is 8.57. The number of carbonyl (C=O) groups is 2. The van der Waals surface area contributed by atoms with Gasteiger partial charge >= 0.3 is 0 Å². The molecule has 29 heavy (non-hydrogen) atoms. The monoisotopic (exact) mass is 397 g/mol. The fourth-order valence-electron chi connectivity index (χ4n) is 5.43. The number of methoxy groups -OCH3 is 1. The lowest BCUT2D eigenvalue weighted by atomic mass is 9.72. The molecular weight excluding hydrogens is 366 g/mol. The van der Waals surface area contributed by atoms with Gasteiger partial charge in [-0.05, 0) is 67.8 Å². The van der Waals surface area contributed by atoms with Crippen LogP contribution in [-0.2, 0) is 11.2 Å². The van der Waals surface area contributed by atoms with Crippen molar-refractivity contribution in [3.8, 4) is 5.75 Å². The van der Waals surface area contributed by atoms with Gasteiger partial charge < -0.3 is 20.3 Å². The largest absolute Gasteiger partial charge is 0.496 e. The molecule has 0 saturated carbocycles. The second-order valence-electron chi connectivity index (χ2n) is 8.47. The Hall–Kier alpha value is -2.34. The maximum atomic E-state index is 12.9. The molecule has 3 saturated heterocycles. The zero-order valence-corrected chi connectivity index (χ0v) is 17.2. The minimum atomic E-state index is -0.107. The van der Waals surface area contributed by atoms with E-state index in [9.17, 15) is 9.59 Å². The van der Waals surface area contributed by atoms with Crippen molar-refractivity contribution in [2.24, 2.45) is 11.8 Å². The van der Waals surface area contributed by atoms with E-state index in [2.05, 4.69) is 22.1 Å². The van der Waals surface area contributed by atoms with Crippen molar-refractivity contribution in [1.29, 1.82) is 0 Å². The Morgan fingerprint density at radius 1 is 1.38 bits per heavy atom. The number of ether oxygens (including phenoxy) is 1. The lowest BCUT2D eigenvalue weighted by Gasteiger charge is -2.54. The third-order valence-electron chi connectivity index (χ3n) is 6.78. The molecule has 4 rings (SSSR count). The average molecular weight is 398 g/mol. The predicted molar refractivity (Wildman–Crippen MR) is 112 cm³/mol. The minimum Gasteiger partial charge on any atom is -0.496 e. The van der Waals surface area contributed by atoms with Crippen LogP contribution < -0.4 is 15.4 Å². The summed E-state index contributed by atoms with van der Waals surface area (Å²) in [5.41, 5.74) is 1.55. The van der Waals surface area contributed by atoms with Crippen molar-refractivity contribution in [1.82, 2.24) is 15.5 Å². The van der Waals surface area contributed by atoms with Crippen molar-refractivity contribution in [2.75, 3.05) is 26.7 Å². The van der Waals surface area contributed by atoms with Gasteiger partial charge in [0.15, 0.2) is 0 Å². The molecule has 2 amide bonds. The summed E-state index contributed by atoms with van der Waals surface area (Å²) in [6.07, 6.45) is 6.30. The van der Waals surface area contributed by atoms with Gasteiger partial charge in [-0.3, -0.25) is 9.59 Å². The summed E-state index contributed by atoms with van der Waals surface area (Å²) in [6.45, 7) is 6.20. The summed E-state index contributed by atoms with van der Waals surface area (Å²) >= 11 is 0. The van der Waals surface area contributed by atoms with Crippen molar-refractivity contribution < 1.29 is 14.3 Å². The third-order valence-corrected chi connectivity index (χ3v) is 6.78. The van der Waals surface area contributed by atoms with Crippen LogP contribution in [0.1, 0.15) is 41.6 Å². The highest BCUT2D eigenvalue weighted by Gasteiger charge is 2.47. The summed E-state index contributed by atoms with van der Waals surface area (Å²) in [5, 5.41) is 6.65. The predicted octanol–water partition coefficient (Wildman–Crippen LogP) is 2.14. The molecule has 156 valence electrons. The normalized spacial score (nSPS) is 28.4. The van der Waals surface area contributed by atoms with E-state index in [-0.39, 0.29) is 17.9 Å². The number of hydrogen-bond donors (Lipinski definition) is 2. The molecule has 2 bridgehead atoms. The summed E-state index contributed by atoms with van der Waals surface area (Å²) in [7, 11) is 1.63. The molecule has 0 radical (unpaired) electrons. The number of carbonyl (C=O) groups excluding carboxylic acids is 2. The quantitative estimate of drug-likeness (QED) is 0.722. The molecule has 1 aromatic carbocycles. The van der Waals surface area contributed by atoms with Crippen LogP contribution in [0.25, 0.3) is 0 Å². The van der Waals surface area contributed by atoms with Gasteiger partial charge in [-0.15, -0.1) is 6.58 Å². The molecule has 3 aliphatic heterocycles. The van der Waals surface area contributed by atoms with Crippen LogP contribution >= 0.6 is 0 Å². The van der Waals surface area contributed by atoms with Crippen molar-refractivity contribution in [2.45, 2.75) is 44.2 Å². The number of fused-ring (bicyclic) bond motifs is 4. The van der Waals surface area contributed by atoms with Gasteiger partial charge in [0.2, 0.25) is 5.91 Å². The molecule has 0 spiro atoms. The first-order chi connectivity index (χ1) is 14.1. The Labute approximate surface area is 172 Å². The first-order valence-electron chi connectivity index (χ1n) is 10.7. The van der Waals surface area contributed by atoms with Gasteiger partial charge in [-0.2, -0.15) is 0 Å². The number of amides is 2. The third kappa shape index (κ3) is 3.90. The summed E-state index contributed by atoms with van der Waals surface area (Å²) in [6, 6.07) is 5.88. The molecule has 1 aromatic rings. The minimum absolute atomic E-state index is 0.0756. The van der Waals surface area contributed by atoms with E-state index in [0.29, 0.717) is 42.8 Å². The molecule has 6 heteroatoms. The van der Waals surface area contributed by atoms with Crippen LogP contribution in [0.4, 0.5) is 0 Å². The Balaban J connectivity index is 1.48. The number of rotatable bonds is 6. The van der Waals surface area contributed by atoms with Crippen LogP contribution in [0.5, 0.6) is 5.75 Å². The Bertz CT molecular complexity index is 794. The van der Waals surface area contributed by atoms with E-state index in [1.165, 1.54) is 0 Å². The number of hydrogen-bond acceptors (Lipinski definition) is 4. The summed E-state index contributed by atoms with van der Waals surface area (Å²) in [5.74, 6) is 1.86. The van der Waals surface area contributed by atoms with Crippen LogP contribution in [0, 0.1) is 11.8 Å². The highest BCUT2D eigenvalue weighted by Crippen LogP contribution is 2.39. The Morgan fingerprint density at radius 3 is 3.00 bits per heavy atom. The fraction of sp³-hybridized carbons (Fsp3) is 0.565. The van der Waals surface area contributed by atoms with Gasteiger partial charge in [-0.25, -0.2) is 0 Å². The van der Waals surface area contributed by atoms with Crippen LogP contribution in [0.2, 0.25) is 0 Å². The maximum absolute atomic E-state index is 12.9. The van der Waals surface area contributed by atoms with E-state index in [1.54, 1.807) is 19.3 Å². The highest BCUT2D eigenvalue weighted by molar-refractivity contribution is 5.94. The lowest BCUT2D eigenvalue weighted by Crippen LogP contribution is -2.66. The topological polar surface area (TPSA) is 70.7 Å². The molecular formula is C23H31N3O3. The van der Waals surface area contributed by atoms with E-state index in [1.807, 2.05) is 12.1 Å². The number of nitrogens with zero attached hydrogens (tertiary/aromatic N) is 1. The highest BCUT2D eigenvalue weighted by atomic mass is 16.5. The number of allylic oxidation sites excluding steroid dienone is 1. The van der Waals surface area contributed by atoms with Gasteiger partial charge in [0.25, 0.3) is 5.91 Å². The van der Waals surface area contributed by atoms with Gasteiger partial charge in [0, 0.05) is 31.1 Å². The molecule has 6 nitrogen and oxygen atoms in total. The first kappa shape index (κ1) is 20.0. The van der Waals surface area contributed by atoms with E-state index < -0.39 is 0 Å². The van der Waals surface area contributed by atoms with E-state index in [4.69, 9.17) is 4.74 Å². The van der Waals surface area contributed by atoms with Crippen molar-refractivity contribution in [3.05, 3.63) is 42.0 Å². The molecule has 3 aliphatic rings. The second-order valence-corrected chi connectivity index (χ2v) is 8.47. The van der Waals surface area contributed by atoms with E-state index in [0.717, 1.165) is 43.7 Å². The zero-order chi connectivity index (χ0) is 20.4. The van der Waals surface area contributed by atoms with Gasteiger partial charge in [0.1, 0.15) is 5.75 Å². The van der Waals surface area contributed by atoms with E-state index >= 15 is 0 Å². The maximum Gasteiger partial charge on any atom is 0.251 e. The first-order valence-corrected chi connectivity index (χ1v) is 10.7. The number of piperidine rings is 3. The average Bonchev–Trinajstić information content (AvgIpc) is 2.74. The Kier molecular flexibility index (Phi) is 5.90. The molecule has 0 unspecified atom stereocenters. The van der Waals surface area contributed by atoms with Gasteiger partial charge in [-0.1, -0.05) is 6.08 Å². The molecule has 2 N–H and O–H groups in total. The molecule has 3 fully saturated rings. The lowest BCUT2D eigenvalue weighted by molar-refractivity contribution is -0.148. The Morgan fingerprint density at radius 2 is 2.21 bits per heavy atom. The number of benzene rings is 1. The summed E-state index contributed by atoms with van der Waals surface area (Å²) < 4.78 is 5.37. The van der Waals surface area contributed by atoms with Crippen LogP contribution in [-0.4, -0.2) is 55.5 Å². The molecule has 0 aromatic heterocycles. The van der Waals surface area contributed by atoms with Crippen LogP contribution in [0.15, 0.2) is 30.9 Å². The molecule has 0 aliphatic carbocycles. The fourth-order valence-corrected chi connectivity index (χ4v) is 5.43. The number of nitrogens with one attached hydrogen (secondary N) is 2. The summed E-state index contributed by atoms with van der Waals surface area (Å²) in [4.78, 5) is 27.7. The smallest absolute Gasteiger partial charge is 0.251 e. The van der Waals surface area contributed by atoms with Gasteiger partial charge in [0.05, 0.1) is 13.2 Å². The zero-order valence-electron chi connectivity index (χ0n) is 17.2. The van der Waals surface area contributed by atoms with Crippen LogP contribution in [0.3, 0.4) is 0 Å². The molecule has 4 atom stereocenters. The van der Waals surface area contributed by atoms with Crippen molar-refractivity contribution >= 4 is 11.8 Å². The molecule has 3 heterocycles. The SMILES string of the molecule is C=CCc1cc(C(=O)NC[C@H]2[C@@H]3CNC[C@@H](C3)[C@@H]3CCCC(=O)N32)ccc1OC. The van der Waals surface area contributed by atoms with Crippen molar-refractivity contribution in [3.63, 3.8) is 0 Å².